The molecule has 0 aromatic heterocycles. The second-order valence-electron chi connectivity index (χ2n) is 6.23. The van der Waals surface area contributed by atoms with Crippen molar-refractivity contribution in [3.63, 3.8) is 0 Å². The van der Waals surface area contributed by atoms with Crippen molar-refractivity contribution in [1.29, 1.82) is 0 Å². The number of nitrogens with two attached hydrogens (primary N) is 1. The maximum Gasteiger partial charge on any atom is 0.224 e. The molecule has 1 atom stereocenters. The van der Waals surface area contributed by atoms with E-state index in [4.69, 9.17) is 5.73 Å². The fraction of sp³-hybridized carbons (Fsp3) is 0.588. The van der Waals surface area contributed by atoms with Crippen molar-refractivity contribution in [2.75, 3.05) is 11.9 Å². The lowest BCUT2D eigenvalue weighted by atomic mass is 9.94. The van der Waals surface area contributed by atoms with Crippen LogP contribution in [0.1, 0.15) is 52.0 Å². The second-order valence-corrected chi connectivity index (χ2v) is 6.23. The van der Waals surface area contributed by atoms with E-state index < -0.39 is 0 Å². The van der Waals surface area contributed by atoms with Crippen LogP contribution < -0.4 is 11.1 Å². The van der Waals surface area contributed by atoms with Gasteiger partial charge in [0.1, 0.15) is 0 Å². The molecule has 0 radical (unpaired) electrons. The fourth-order valence-corrected chi connectivity index (χ4v) is 2.51. The maximum absolute atomic E-state index is 12.2. The third-order valence-corrected chi connectivity index (χ3v) is 3.47. The van der Waals surface area contributed by atoms with Crippen LogP contribution in [0, 0.1) is 11.8 Å². The van der Waals surface area contributed by atoms with Crippen molar-refractivity contribution in [3.05, 3.63) is 29.8 Å². The number of para-hydroxylation sites is 1. The molecular weight excluding hydrogens is 248 g/mol. The molecule has 0 saturated heterocycles. The molecule has 20 heavy (non-hydrogen) atoms. The molecule has 0 saturated carbocycles. The number of anilines is 1. The Balaban J connectivity index is 2.66. The molecule has 112 valence electrons. The molecule has 3 N–H and O–H groups in total. The van der Waals surface area contributed by atoms with Crippen LogP contribution in [-0.4, -0.2) is 12.5 Å². The number of rotatable bonds is 7. The summed E-state index contributed by atoms with van der Waals surface area (Å²) in [5, 5.41) is 3.04. The molecular formula is C17H28N2O. The Bertz CT molecular complexity index is 427. The van der Waals surface area contributed by atoms with Gasteiger partial charge >= 0.3 is 0 Å². The molecule has 0 unspecified atom stereocenters. The first-order chi connectivity index (χ1) is 9.43. The normalized spacial score (nSPS) is 12.8. The SMILES string of the molecule is CC(C)C[C@H](CN)CC(=O)Nc1ccccc1C(C)C. The average molecular weight is 276 g/mol. The third-order valence-electron chi connectivity index (χ3n) is 3.47. The van der Waals surface area contributed by atoms with E-state index >= 15 is 0 Å². The first-order valence-corrected chi connectivity index (χ1v) is 7.52. The summed E-state index contributed by atoms with van der Waals surface area (Å²) < 4.78 is 0. The van der Waals surface area contributed by atoms with Crippen LogP contribution in [0.25, 0.3) is 0 Å². The molecule has 0 heterocycles. The molecule has 1 aromatic carbocycles. The van der Waals surface area contributed by atoms with E-state index in [0.29, 0.717) is 24.8 Å². The van der Waals surface area contributed by atoms with Gasteiger partial charge in [0.25, 0.3) is 0 Å². The minimum absolute atomic E-state index is 0.0641. The number of carbonyl (C=O) groups excluding carboxylic acids is 1. The van der Waals surface area contributed by atoms with Crippen LogP contribution in [0.3, 0.4) is 0 Å². The van der Waals surface area contributed by atoms with Crippen molar-refractivity contribution in [2.45, 2.75) is 46.5 Å². The number of amides is 1. The van der Waals surface area contributed by atoms with E-state index in [2.05, 4.69) is 39.1 Å². The summed E-state index contributed by atoms with van der Waals surface area (Å²) in [4.78, 5) is 12.2. The van der Waals surface area contributed by atoms with E-state index in [1.807, 2.05) is 18.2 Å². The zero-order valence-corrected chi connectivity index (χ0v) is 13.1. The largest absolute Gasteiger partial charge is 0.330 e. The van der Waals surface area contributed by atoms with Gasteiger partial charge < -0.3 is 11.1 Å². The molecule has 0 aliphatic rings. The van der Waals surface area contributed by atoms with Gasteiger partial charge in [-0.3, -0.25) is 4.79 Å². The van der Waals surface area contributed by atoms with E-state index in [9.17, 15) is 4.79 Å². The van der Waals surface area contributed by atoms with Crippen molar-refractivity contribution in [1.82, 2.24) is 0 Å². The van der Waals surface area contributed by atoms with E-state index in [0.717, 1.165) is 12.1 Å². The maximum atomic E-state index is 12.2. The smallest absolute Gasteiger partial charge is 0.224 e. The van der Waals surface area contributed by atoms with Gasteiger partial charge in [0.05, 0.1) is 0 Å². The highest BCUT2D eigenvalue weighted by Gasteiger charge is 2.15. The summed E-state index contributed by atoms with van der Waals surface area (Å²) in [7, 11) is 0. The predicted octanol–water partition coefficient (Wildman–Crippen LogP) is 3.76. The summed E-state index contributed by atoms with van der Waals surface area (Å²) in [6.45, 7) is 9.15. The second kappa shape index (κ2) is 8.05. The van der Waals surface area contributed by atoms with Crippen LogP contribution in [0.2, 0.25) is 0 Å². The zero-order valence-electron chi connectivity index (χ0n) is 13.1. The number of carbonyl (C=O) groups is 1. The molecule has 0 fully saturated rings. The molecule has 0 aliphatic carbocycles. The zero-order chi connectivity index (χ0) is 15.1. The number of benzene rings is 1. The van der Waals surface area contributed by atoms with Crippen LogP contribution in [0.4, 0.5) is 5.69 Å². The van der Waals surface area contributed by atoms with E-state index in [1.165, 1.54) is 5.56 Å². The summed E-state index contributed by atoms with van der Waals surface area (Å²) in [5.74, 6) is 1.29. The Hall–Kier alpha value is -1.35. The van der Waals surface area contributed by atoms with Crippen LogP contribution >= 0.6 is 0 Å². The van der Waals surface area contributed by atoms with Gasteiger partial charge in [-0.1, -0.05) is 45.9 Å². The van der Waals surface area contributed by atoms with Crippen molar-refractivity contribution in [2.24, 2.45) is 17.6 Å². The van der Waals surface area contributed by atoms with E-state index in [-0.39, 0.29) is 11.8 Å². The molecule has 1 aromatic rings. The molecule has 3 nitrogen and oxygen atoms in total. The van der Waals surface area contributed by atoms with Crippen LogP contribution in [0.5, 0.6) is 0 Å². The molecule has 0 bridgehead atoms. The molecule has 0 spiro atoms. The van der Waals surface area contributed by atoms with Gasteiger partial charge in [0, 0.05) is 12.1 Å². The van der Waals surface area contributed by atoms with Crippen molar-refractivity contribution in [3.8, 4) is 0 Å². The summed E-state index contributed by atoms with van der Waals surface area (Å²) >= 11 is 0. The Morgan fingerprint density at radius 1 is 1.20 bits per heavy atom. The van der Waals surface area contributed by atoms with Gasteiger partial charge in [-0.2, -0.15) is 0 Å². The van der Waals surface area contributed by atoms with Gasteiger partial charge in [0.2, 0.25) is 5.91 Å². The molecule has 1 amide bonds. The lowest BCUT2D eigenvalue weighted by molar-refractivity contribution is -0.117. The van der Waals surface area contributed by atoms with Gasteiger partial charge in [0.15, 0.2) is 0 Å². The quantitative estimate of drug-likeness (QED) is 0.796. The van der Waals surface area contributed by atoms with Crippen molar-refractivity contribution < 1.29 is 4.79 Å². The molecule has 0 aliphatic heterocycles. The van der Waals surface area contributed by atoms with Crippen LogP contribution in [0.15, 0.2) is 24.3 Å². The Kier molecular flexibility index (Phi) is 6.73. The van der Waals surface area contributed by atoms with Gasteiger partial charge in [-0.05, 0) is 42.3 Å². The fourth-order valence-electron chi connectivity index (χ4n) is 2.51. The van der Waals surface area contributed by atoms with Gasteiger partial charge in [-0.25, -0.2) is 0 Å². The first-order valence-electron chi connectivity index (χ1n) is 7.52. The summed E-state index contributed by atoms with van der Waals surface area (Å²) in [6, 6.07) is 7.99. The first kappa shape index (κ1) is 16.7. The number of hydrogen-bond donors (Lipinski definition) is 2. The monoisotopic (exact) mass is 276 g/mol. The highest BCUT2D eigenvalue weighted by molar-refractivity contribution is 5.91. The highest BCUT2D eigenvalue weighted by atomic mass is 16.1. The Morgan fingerprint density at radius 2 is 1.85 bits per heavy atom. The molecule has 3 heteroatoms. The standard InChI is InChI=1S/C17H28N2O/c1-12(2)9-14(11-18)10-17(20)19-16-8-6-5-7-15(16)13(3)4/h5-8,12-14H,9-11,18H2,1-4H3,(H,19,20)/t14-/m0/s1. The lowest BCUT2D eigenvalue weighted by Gasteiger charge is -2.18. The lowest BCUT2D eigenvalue weighted by Crippen LogP contribution is -2.23. The molecule has 1 rings (SSSR count). The van der Waals surface area contributed by atoms with Crippen molar-refractivity contribution >= 4 is 11.6 Å². The average Bonchev–Trinajstić information content (AvgIpc) is 2.37. The Labute approximate surface area is 122 Å². The summed E-state index contributed by atoms with van der Waals surface area (Å²) in [6.07, 6.45) is 1.50. The van der Waals surface area contributed by atoms with E-state index in [1.54, 1.807) is 0 Å². The minimum atomic E-state index is 0.0641. The van der Waals surface area contributed by atoms with Crippen LogP contribution in [-0.2, 0) is 4.79 Å². The van der Waals surface area contributed by atoms with Gasteiger partial charge in [-0.15, -0.1) is 0 Å². The highest BCUT2D eigenvalue weighted by Crippen LogP contribution is 2.24. The number of hydrogen-bond acceptors (Lipinski definition) is 2. The summed E-state index contributed by atoms with van der Waals surface area (Å²) in [5.41, 5.74) is 7.86. The minimum Gasteiger partial charge on any atom is -0.330 e. The predicted molar refractivity (Wildman–Crippen MR) is 85.8 cm³/mol. The topological polar surface area (TPSA) is 55.1 Å². The number of nitrogens with one attached hydrogen (secondary N) is 1. The Morgan fingerprint density at radius 3 is 2.40 bits per heavy atom. The third kappa shape index (κ3) is 5.33.